The second-order valence-corrected chi connectivity index (χ2v) is 8.12. The Labute approximate surface area is 199 Å². The van der Waals surface area contributed by atoms with E-state index in [2.05, 4.69) is 31.8 Å². The van der Waals surface area contributed by atoms with E-state index < -0.39 is 11.9 Å². The number of hydrazone groups is 1. The van der Waals surface area contributed by atoms with Crippen LogP contribution >= 0.6 is 27.5 Å². The van der Waals surface area contributed by atoms with Gasteiger partial charge in [-0.3, -0.25) is 9.59 Å². The summed E-state index contributed by atoms with van der Waals surface area (Å²) in [6.45, 7) is 1.96. The predicted molar refractivity (Wildman–Crippen MR) is 129 cm³/mol. The quantitative estimate of drug-likeness (QED) is 0.330. The minimum Gasteiger partial charge on any atom is -0.489 e. The van der Waals surface area contributed by atoms with E-state index in [9.17, 15) is 9.59 Å². The Morgan fingerprint density at radius 2 is 1.75 bits per heavy atom. The summed E-state index contributed by atoms with van der Waals surface area (Å²) in [7, 11) is 0. The molecule has 0 saturated carbocycles. The lowest BCUT2D eigenvalue weighted by Crippen LogP contribution is -2.43. The highest BCUT2D eigenvalue weighted by atomic mass is 79.9. The van der Waals surface area contributed by atoms with Gasteiger partial charge >= 0.3 is 0 Å². The standard InChI is InChI=1S/C24H21BrClN3O3/c1-16(28-24(31)20-7-3-4-8-21(20)25)23(30)29-27-14-17-10-12-19(13-11-17)32-15-18-6-2-5-9-22(18)26/h2-14,16H,15H2,1H3,(H,28,31)(H,29,30). The lowest BCUT2D eigenvalue weighted by atomic mass is 10.2. The first kappa shape index (κ1) is 23.5. The number of hydrogen-bond donors (Lipinski definition) is 2. The molecular weight excluding hydrogens is 494 g/mol. The van der Waals surface area contributed by atoms with E-state index in [-0.39, 0.29) is 5.91 Å². The van der Waals surface area contributed by atoms with E-state index in [0.717, 1.165) is 11.1 Å². The summed E-state index contributed by atoms with van der Waals surface area (Å²) in [6, 6.07) is 21.0. The third-order valence-corrected chi connectivity index (χ3v) is 5.54. The molecule has 0 aliphatic carbocycles. The summed E-state index contributed by atoms with van der Waals surface area (Å²) >= 11 is 9.45. The van der Waals surface area contributed by atoms with Crippen LogP contribution in [0.15, 0.2) is 82.4 Å². The molecule has 3 rings (SSSR count). The molecule has 0 aliphatic rings. The van der Waals surface area contributed by atoms with Crippen molar-refractivity contribution in [3.8, 4) is 5.75 Å². The molecule has 0 bridgehead atoms. The molecular formula is C24H21BrClN3O3. The lowest BCUT2D eigenvalue weighted by Gasteiger charge is -2.12. The number of nitrogens with one attached hydrogen (secondary N) is 2. The maximum Gasteiger partial charge on any atom is 0.262 e. The molecule has 6 nitrogen and oxygen atoms in total. The summed E-state index contributed by atoms with van der Waals surface area (Å²) in [5.41, 5.74) is 4.56. The van der Waals surface area contributed by atoms with Gasteiger partial charge in [-0.05, 0) is 70.9 Å². The van der Waals surface area contributed by atoms with E-state index >= 15 is 0 Å². The molecule has 3 aromatic carbocycles. The van der Waals surface area contributed by atoms with Crippen molar-refractivity contribution in [2.45, 2.75) is 19.6 Å². The van der Waals surface area contributed by atoms with E-state index in [1.54, 1.807) is 37.3 Å². The fourth-order valence-electron chi connectivity index (χ4n) is 2.68. The van der Waals surface area contributed by atoms with Crippen molar-refractivity contribution in [1.29, 1.82) is 0 Å². The van der Waals surface area contributed by atoms with Crippen LogP contribution in [0.5, 0.6) is 5.75 Å². The average molecular weight is 515 g/mol. The Bertz CT molecular complexity index is 1120. The topological polar surface area (TPSA) is 79.8 Å². The Morgan fingerprint density at radius 3 is 2.47 bits per heavy atom. The van der Waals surface area contributed by atoms with Crippen LogP contribution in [0.2, 0.25) is 5.02 Å². The zero-order valence-corrected chi connectivity index (χ0v) is 19.6. The third-order valence-electron chi connectivity index (χ3n) is 4.48. The highest BCUT2D eigenvalue weighted by molar-refractivity contribution is 9.10. The van der Waals surface area contributed by atoms with Crippen LogP contribution < -0.4 is 15.5 Å². The van der Waals surface area contributed by atoms with Crippen molar-refractivity contribution in [2.24, 2.45) is 5.10 Å². The molecule has 0 aromatic heterocycles. The third kappa shape index (κ3) is 6.67. The van der Waals surface area contributed by atoms with Crippen molar-refractivity contribution >= 4 is 45.6 Å². The molecule has 0 heterocycles. The van der Waals surface area contributed by atoms with Gasteiger partial charge in [0, 0.05) is 15.1 Å². The van der Waals surface area contributed by atoms with Crippen molar-refractivity contribution in [2.75, 3.05) is 0 Å². The fourth-order valence-corrected chi connectivity index (χ4v) is 3.33. The van der Waals surface area contributed by atoms with Gasteiger partial charge in [-0.25, -0.2) is 5.43 Å². The molecule has 2 N–H and O–H groups in total. The fraction of sp³-hybridized carbons (Fsp3) is 0.125. The molecule has 8 heteroatoms. The number of nitrogens with zero attached hydrogens (tertiary/aromatic N) is 1. The second kappa shape index (κ2) is 11.5. The van der Waals surface area contributed by atoms with Crippen LogP contribution in [0.25, 0.3) is 0 Å². The number of carbonyl (C=O) groups is 2. The Morgan fingerprint density at radius 1 is 1.06 bits per heavy atom. The molecule has 0 saturated heterocycles. The SMILES string of the molecule is CC(NC(=O)c1ccccc1Br)C(=O)NN=Cc1ccc(OCc2ccccc2Cl)cc1. The summed E-state index contributed by atoms with van der Waals surface area (Å²) < 4.78 is 6.40. The molecule has 3 aromatic rings. The Hall–Kier alpha value is -3.16. The minimum atomic E-state index is -0.757. The molecule has 0 aliphatic heterocycles. The molecule has 32 heavy (non-hydrogen) atoms. The molecule has 1 unspecified atom stereocenters. The van der Waals surface area contributed by atoms with Gasteiger partial charge in [0.2, 0.25) is 0 Å². The highest BCUT2D eigenvalue weighted by Crippen LogP contribution is 2.19. The van der Waals surface area contributed by atoms with Gasteiger partial charge in [0.15, 0.2) is 0 Å². The maximum atomic E-state index is 12.3. The van der Waals surface area contributed by atoms with E-state index in [1.165, 1.54) is 6.21 Å². The van der Waals surface area contributed by atoms with Gasteiger partial charge in [-0.2, -0.15) is 5.10 Å². The average Bonchev–Trinajstić information content (AvgIpc) is 2.79. The van der Waals surface area contributed by atoms with Crippen LogP contribution in [-0.4, -0.2) is 24.1 Å². The van der Waals surface area contributed by atoms with Gasteiger partial charge in [0.25, 0.3) is 11.8 Å². The zero-order valence-electron chi connectivity index (χ0n) is 17.2. The van der Waals surface area contributed by atoms with Gasteiger partial charge in [0.1, 0.15) is 18.4 Å². The van der Waals surface area contributed by atoms with Gasteiger partial charge in [-0.15, -0.1) is 0 Å². The summed E-state index contributed by atoms with van der Waals surface area (Å²) in [5.74, 6) is -0.0904. The molecule has 1 atom stereocenters. The number of hydrogen-bond acceptors (Lipinski definition) is 4. The van der Waals surface area contributed by atoms with Crippen molar-refractivity contribution < 1.29 is 14.3 Å². The number of ether oxygens (including phenoxy) is 1. The summed E-state index contributed by atoms with van der Waals surface area (Å²) in [4.78, 5) is 24.5. The predicted octanol–water partition coefficient (Wildman–Crippen LogP) is 4.95. The number of amides is 2. The van der Waals surface area contributed by atoms with Crippen LogP contribution in [0.1, 0.15) is 28.4 Å². The molecule has 0 spiro atoms. The number of carbonyl (C=O) groups excluding carboxylic acids is 2. The molecule has 164 valence electrons. The molecule has 0 radical (unpaired) electrons. The lowest BCUT2D eigenvalue weighted by molar-refractivity contribution is -0.122. The van der Waals surface area contributed by atoms with E-state index in [4.69, 9.17) is 16.3 Å². The minimum absolute atomic E-state index is 0.350. The van der Waals surface area contributed by atoms with Crippen LogP contribution in [0.4, 0.5) is 0 Å². The normalized spacial score (nSPS) is 11.7. The van der Waals surface area contributed by atoms with Crippen LogP contribution in [-0.2, 0) is 11.4 Å². The molecule has 2 amide bonds. The van der Waals surface area contributed by atoms with Gasteiger partial charge < -0.3 is 10.1 Å². The Balaban J connectivity index is 1.47. The van der Waals surface area contributed by atoms with Crippen molar-refractivity contribution in [3.05, 3.63) is 99.0 Å². The largest absolute Gasteiger partial charge is 0.489 e. The first-order chi connectivity index (χ1) is 15.4. The monoisotopic (exact) mass is 513 g/mol. The van der Waals surface area contributed by atoms with Gasteiger partial charge in [-0.1, -0.05) is 41.9 Å². The van der Waals surface area contributed by atoms with Crippen molar-refractivity contribution in [3.63, 3.8) is 0 Å². The zero-order chi connectivity index (χ0) is 22.9. The number of halogens is 2. The van der Waals surface area contributed by atoms with Crippen LogP contribution in [0.3, 0.4) is 0 Å². The van der Waals surface area contributed by atoms with Crippen molar-refractivity contribution in [1.82, 2.24) is 10.7 Å². The van der Waals surface area contributed by atoms with E-state index in [0.29, 0.717) is 27.4 Å². The highest BCUT2D eigenvalue weighted by Gasteiger charge is 2.17. The Kier molecular flexibility index (Phi) is 8.41. The summed E-state index contributed by atoms with van der Waals surface area (Å²) in [6.07, 6.45) is 1.51. The smallest absolute Gasteiger partial charge is 0.262 e. The summed E-state index contributed by atoms with van der Waals surface area (Å²) in [5, 5.41) is 7.26. The maximum absolute atomic E-state index is 12.3. The first-order valence-corrected chi connectivity index (χ1v) is 11.0. The number of rotatable bonds is 8. The number of benzene rings is 3. The molecule has 0 fully saturated rings. The van der Waals surface area contributed by atoms with E-state index in [1.807, 2.05) is 42.5 Å². The van der Waals surface area contributed by atoms with Crippen LogP contribution in [0, 0.1) is 0 Å². The first-order valence-electron chi connectivity index (χ1n) is 9.78. The van der Waals surface area contributed by atoms with Gasteiger partial charge in [0.05, 0.1) is 11.8 Å². The second-order valence-electron chi connectivity index (χ2n) is 6.86.